The molecule has 2 N–H and O–H groups in total. The third kappa shape index (κ3) is 3.35. The van der Waals surface area contributed by atoms with Gasteiger partial charge < -0.3 is 9.79 Å². The first kappa shape index (κ1) is 18.1. The summed E-state index contributed by atoms with van der Waals surface area (Å²) in [5.41, 5.74) is 6.32. The van der Waals surface area contributed by atoms with E-state index in [9.17, 15) is 4.57 Å². The summed E-state index contributed by atoms with van der Waals surface area (Å²) < 4.78 is 16.2. The van der Waals surface area contributed by atoms with Crippen molar-refractivity contribution in [3.8, 4) is 0 Å². The lowest BCUT2D eigenvalue weighted by molar-refractivity contribution is 0.0923. The first-order valence-corrected chi connectivity index (χ1v) is 12.1. The smallest absolute Gasteiger partial charge is 0.303 e. The van der Waals surface area contributed by atoms with Crippen molar-refractivity contribution < 1.29 is 18.9 Å². The van der Waals surface area contributed by atoms with Gasteiger partial charge in [0.2, 0.25) is 0 Å². The summed E-state index contributed by atoms with van der Waals surface area (Å²) in [4.78, 5) is 18.3. The standard InChI is InChI=1S/C22H29O4P/c23-27(24,25)26-16-7-10-18-15(13-16)6-9-22-20(18)12-11-19-17-4-2-1-3-14(17)5-8-21(19)22/h2,4,11-12,14-16,21-22H,1,3,5-10,13H2,(H2,23,24,25). The first-order valence-electron chi connectivity index (χ1n) is 10.5. The fourth-order valence-electron chi connectivity index (χ4n) is 6.48. The Bertz CT molecular complexity index is 799. The first-order chi connectivity index (χ1) is 13.0. The van der Waals surface area contributed by atoms with E-state index >= 15 is 0 Å². The van der Waals surface area contributed by atoms with Crippen molar-refractivity contribution in [3.05, 3.63) is 46.6 Å². The van der Waals surface area contributed by atoms with Gasteiger partial charge in [-0.2, -0.15) is 0 Å². The molecule has 5 atom stereocenters. The summed E-state index contributed by atoms with van der Waals surface area (Å²) in [5.74, 6) is 2.54. The van der Waals surface area contributed by atoms with Crippen molar-refractivity contribution in [3.63, 3.8) is 0 Å². The van der Waals surface area contributed by atoms with Gasteiger partial charge in [-0.1, -0.05) is 29.9 Å². The molecule has 0 spiro atoms. The van der Waals surface area contributed by atoms with Crippen LogP contribution in [-0.4, -0.2) is 15.9 Å². The predicted octanol–water partition coefficient (Wildman–Crippen LogP) is 5.21. The maximum atomic E-state index is 11.2. The van der Waals surface area contributed by atoms with Gasteiger partial charge in [-0.3, -0.25) is 4.52 Å². The zero-order valence-corrected chi connectivity index (χ0v) is 16.6. The van der Waals surface area contributed by atoms with Crippen LogP contribution in [0.2, 0.25) is 0 Å². The number of hydrogen-bond donors (Lipinski definition) is 2. The Kier molecular flexibility index (Phi) is 4.59. The molecule has 0 aromatic rings. The average molecular weight is 388 g/mol. The van der Waals surface area contributed by atoms with E-state index in [2.05, 4.69) is 24.3 Å². The number of allylic oxidation sites excluding steroid dienone is 8. The van der Waals surface area contributed by atoms with Crippen LogP contribution in [0, 0.1) is 23.7 Å². The second-order valence-corrected chi connectivity index (χ2v) is 10.2. The Balaban J connectivity index is 1.44. The second kappa shape index (κ2) is 6.84. The molecule has 5 aliphatic rings. The van der Waals surface area contributed by atoms with E-state index in [4.69, 9.17) is 14.3 Å². The van der Waals surface area contributed by atoms with Crippen LogP contribution in [0.5, 0.6) is 0 Å². The van der Waals surface area contributed by atoms with Gasteiger partial charge >= 0.3 is 7.82 Å². The molecule has 0 saturated heterocycles. The molecule has 0 aromatic carbocycles. The Hall–Kier alpha value is -0.930. The topological polar surface area (TPSA) is 66.8 Å². The van der Waals surface area contributed by atoms with Gasteiger partial charge in [0.05, 0.1) is 6.10 Å². The molecule has 0 bridgehead atoms. The molecule has 1 saturated carbocycles. The predicted molar refractivity (Wildman–Crippen MR) is 105 cm³/mol. The summed E-state index contributed by atoms with van der Waals surface area (Å²) in [7, 11) is -4.39. The van der Waals surface area contributed by atoms with Gasteiger partial charge in [0.25, 0.3) is 0 Å². The highest BCUT2D eigenvalue weighted by molar-refractivity contribution is 7.46. The lowest BCUT2D eigenvalue weighted by Crippen LogP contribution is -2.35. The zero-order valence-electron chi connectivity index (χ0n) is 15.7. The third-order valence-electron chi connectivity index (χ3n) is 7.56. The van der Waals surface area contributed by atoms with Crippen LogP contribution in [0.4, 0.5) is 0 Å². The largest absolute Gasteiger partial charge is 0.469 e. The Labute approximate surface area is 161 Å². The van der Waals surface area contributed by atoms with Gasteiger partial charge in [0.15, 0.2) is 0 Å². The Morgan fingerprint density at radius 2 is 1.59 bits per heavy atom. The highest BCUT2D eigenvalue weighted by atomic mass is 31.2. The molecular formula is C22H29O4P. The van der Waals surface area contributed by atoms with Crippen LogP contribution in [0.15, 0.2) is 46.6 Å². The molecule has 1 fully saturated rings. The summed E-state index contributed by atoms with van der Waals surface area (Å²) in [6.45, 7) is 0. The zero-order chi connectivity index (χ0) is 18.6. The molecule has 0 heterocycles. The van der Waals surface area contributed by atoms with Crippen molar-refractivity contribution in [2.75, 3.05) is 0 Å². The van der Waals surface area contributed by atoms with Gasteiger partial charge in [0, 0.05) is 0 Å². The maximum absolute atomic E-state index is 11.2. The number of hydrogen-bond acceptors (Lipinski definition) is 2. The molecule has 0 aliphatic heterocycles. The van der Waals surface area contributed by atoms with Crippen LogP contribution in [0.25, 0.3) is 0 Å². The molecule has 0 aromatic heterocycles. The minimum atomic E-state index is -4.39. The van der Waals surface area contributed by atoms with Crippen LogP contribution in [0.3, 0.4) is 0 Å². The molecule has 0 amide bonds. The number of fused-ring (bicyclic) bond motifs is 5. The van der Waals surface area contributed by atoms with Crippen molar-refractivity contribution in [2.45, 2.75) is 63.9 Å². The van der Waals surface area contributed by atoms with Gasteiger partial charge in [-0.15, -0.1) is 0 Å². The summed E-state index contributed by atoms with van der Waals surface area (Å²) in [6.07, 6.45) is 19.2. The SMILES string of the molecule is O=P(O)(O)OC1CCC2=C3C=CC4=C5C=CCCC5CCC4C3CCC2C1. The monoisotopic (exact) mass is 388 g/mol. The lowest BCUT2D eigenvalue weighted by Gasteiger charge is -2.46. The minimum absolute atomic E-state index is 0.301. The van der Waals surface area contributed by atoms with E-state index in [0.717, 1.165) is 31.6 Å². The number of phosphoric ester groups is 1. The normalized spacial score (nSPS) is 38.2. The van der Waals surface area contributed by atoms with E-state index < -0.39 is 7.82 Å². The lowest BCUT2D eigenvalue weighted by atomic mass is 9.59. The van der Waals surface area contributed by atoms with E-state index in [-0.39, 0.29) is 6.10 Å². The third-order valence-corrected chi connectivity index (χ3v) is 8.14. The molecular weight excluding hydrogens is 359 g/mol. The van der Waals surface area contributed by atoms with Gasteiger partial charge in [-0.05, 0) is 98.2 Å². The highest BCUT2D eigenvalue weighted by Crippen LogP contribution is 2.54. The molecule has 5 aliphatic carbocycles. The Morgan fingerprint density at radius 3 is 2.41 bits per heavy atom. The molecule has 5 rings (SSSR count). The summed E-state index contributed by atoms with van der Waals surface area (Å²) in [6, 6.07) is 0. The Morgan fingerprint density at radius 1 is 0.852 bits per heavy atom. The fourth-order valence-corrected chi connectivity index (χ4v) is 7.06. The van der Waals surface area contributed by atoms with E-state index in [1.807, 2.05) is 0 Å². The molecule has 146 valence electrons. The van der Waals surface area contributed by atoms with Gasteiger partial charge in [0.1, 0.15) is 0 Å². The van der Waals surface area contributed by atoms with Crippen molar-refractivity contribution >= 4 is 7.82 Å². The minimum Gasteiger partial charge on any atom is -0.303 e. The van der Waals surface area contributed by atoms with E-state index in [0.29, 0.717) is 17.8 Å². The van der Waals surface area contributed by atoms with Crippen LogP contribution in [0.1, 0.15) is 57.8 Å². The average Bonchev–Trinajstić information content (AvgIpc) is 2.65. The molecule has 27 heavy (non-hydrogen) atoms. The van der Waals surface area contributed by atoms with Crippen molar-refractivity contribution in [2.24, 2.45) is 23.7 Å². The molecule has 5 unspecified atom stereocenters. The van der Waals surface area contributed by atoms with Crippen molar-refractivity contribution in [1.29, 1.82) is 0 Å². The van der Waals surface area contributed by atoms with Crippen LogP contribution < -0.4 is 0 Å². The highest BCUT2D eigenvalue weighted by Gasteiger charge is 2.42. The number of rotatable bonds is 2. The fraction of sp³-hybridized carbons (Fsp3) is 0.636. The van der Waals surface area contributed by atoms with Crippen molar-refractivity contribution in [1.82, 2.24) is 0 Å². The quantitative estimate of drug-likeness (QED) is 0.637. The molecule has 0 radical (unpaired) electrons. The second-order valence-electron chi connectivity index (χ2n) is 8.96. The van der Waals surface area contributed by atoms with Gasteiger partial charge in [-0.25, -0.2) is 4.57 Å². The van der Waals surface area contributed by atoms with Crippen LogP contribution in [-0.2, 0) is 9.09 Å². The van der Waals surface area contributed by atoms with E-state index in [1.54, 1.807) is 22.3 Å². The molecule has 4 nitrogen and oxygen atoms in total. The van der Waals surface area contributed by atoms with E-state index in [1.165, 1.54) is 32.1 Å². The van der Waals surface area contributed by atoms with Crippen LogP contribution >= 0.6 is 7.82 Å². The molecule has 5 heteroatoms. The maximum Gasteiger partial charge on any atom is 0.469 e. The summed E-state index contributed by atoms with van der Waals surface area (Å²) in [5, 5.41) is 0. The number of phosphoric acid groups is 1. The summed E-state index contributed by atoms with van der Waals surface area (Å²) >= 11 is 0.